The summed E-state index contributed by atoms with van der Waals surface area (Å²) in [6.45, 7) is 1.36. The van der Waals surface area contributed by atoms with E-state index in [1.165, 1.54) is 31.5 Å². The molecule has 1 aromatic heterocycles. The molecule has 3 aromatic rings. The summed E-state index contributed by atoms with van der Waals surface area (Å²) in [5.41, 5.74) is 1.11. The fourth-order valence-corrected chi connectivity index (χ4v) is 4.54. The summed E-state index contributed by atoms with van der Waals surface area (Å²) >= 11 is 0. The Hall–Kier alpha value is -3.06. The molecule has 0 aliphatic carbocycles. The number of amides is 1. The van der Waals surface area contributed by atoms with Gasteiger partial charge in [-0.05, 0) is 54.4 Å². The van der Waals surface area contributed by atoms with Crippen LogP contribution in [0.15, 0.2) is 78.0 Å². The van der Waals surface area contributed by atoms with Gasteiger partial charge in [-0.3, -0.25) is 9.78 Å². The van der Waals surface area contributed by atoms with Gasteiger partial charge in [0.1, 0.15) is 11.1 Å². The Morgan fingerprint density at radius 1 is 1.11 bits per heavy atom. The lowest BCUT2D eigenvalue weighted by molar-refractivity contribution is 0.0953. The standard InChI is InChI=1S/C21H19FN2O3S/c1-15-12-18(9-10-19(15)22)28(26,27)20(17-8-5-11-23-13-17)14-24-21(25)16-6-3-2-4-7-16/h2-13,20H,14H2,1H3,(H,24,25)/t20-/m1/s1. The number of rotatable bonds is 6. The summed E-state index contributed by atoms with van der Waals surface area (Å²) in [5.74, 6) is -0.853. The molecule has 5 nitrogen and oxygen atoms in total. The Bertz CT molecular complexity index is 1070. The van der Waals surface area contributed by atoms with Crippen LogP contribution in [-0.4, -0.2) is 25.9 Å². The van der Waals surface area contributed by atoms with Crippen LogP contribution in [0, 0.1) is 12.7 Å². The second-order valence-electron chi connectivity index (χ2n) is 6.31. The number of nitrogens with one attached hydrogen (secondary N) is 1. The molecule has 0 unspecified atom stereocenters. The first-order valence-corrected chi connectivity index (χ1v) is 10.2. The second kappa shape index (κ2) is 8.31. The van der Waals surface area contributed by atoms with Crippen LogP contribution in [-0.2, 0) is 9.84 Å². The molecule has 0 radical (unpaired) electrons. The van der Waals surface area contributed by atoms with E-state index in [9.17, 15) is 17.6 Å². The number of aromatic nitrogens is 1. The molecule has 1 N–H and O–H groups in total. The van der Waals surface area contributed by atoms with Crippen molar-refractivity contribution in [1.82, 2.24) is 10.3 Å². The van der Waals surface area contributed by atoms with Gasteiger partial charge in [0.15, 0.2) is 9.84 Å². The summed E-state index contributed by atoms with van der Waals surface area (Å²) in [5, 5.41) is 1.62. The number of benzene rings is 2. The highest BCUT2D eigenvalue weighted by Gasteiger charge is 2.30. The van der Waals surface area contributed by atoms with Crippen molar-refractivity contribution in [2.24, 2.45) is 0 Å². The molecule has 0 aliphatic rings. The molecule has 0 aliphatic heterocycles. The van der Waals surface area contributed by atoms with Gasteiger partial charge in [-0.2, -0.15) is 0 Å². The Morgan fingerprint density at radius 3 is 2.50 bits per heavy atom. The van der Waals surface area contributed by atoms with E-state index in [2.05, 4.69) is 10.3 Å². The molecule has 0 spiro atoms. The van der Waals surface area contributed by atoms with Crippen LogP contribution in [0.25, 0.3) is 0 Å². The van der Waals surface area contributed by atoms with Gasteiger partial charge < -0.3 is 5.32 Å². The van der Waals surface area contributed by atoms with Crippen molar-refractivity contribution in [3.63, 3.8) is 0 Å². The molecule has 1 atom stereocenters. The average Bonchev–Trinajstić information content (AvgIpc) is 2.71. The molecular formula is C21H19FN2O3S. The monoisotopic (exact) mass is 398 g/mol. The summed E-state index contributed by atoms with van der Waals surface area (Å²) in [4.78, 5) is 16.4. The average molecular weight is 398 g/mol. The number of carbonyl (C=O) groups excluding carboxylic acids is 1. The van der Waals surface area contributed by atoms with E-state index < -0.39 is 20.9 Å². The minimum absolute atomic E-state index is 0.00536. The molecule has 1 heterocycles. The number of hydrogen-bond acceptors (Lipinski definition) is 4. The lowest BCUT2D eigenvalue weighted by Gasteiger charge is -2.19. The number of sulfone groups is 1. The first-order valence-electron chi connectivity index (χ1n) is 8.63. The van der Waals surface area contributed by atoms with E-state index in [-0.39, 0.29) is 22.9 Å². The Morgan fingerprint density at radius 2 is 1.86 bits per heavy atom. The Kier molecular flexibility index (Phi) is 5.84. The Balaban J connectivity index is 1.93. The fourth-order valence-electron chi connectivity index (χ4n) is 2.81. The number of hydrogen-bond donors (Lipinski definition) is 1. The second-order valence-corrected chi connectivity index (χ2v) is 8.44. The SMILES string of the molecule is Cc1cc(S(=O)(=O)[C@H](CNC(=O)c2ccccc2)c2cccnc2)ccc1F. The lowest BCUT2D eigenvalue weighted by atomic mass is 10.2. The zero-order valence-corrected chi connectivity index (χ0v) is 16.0. The summed E-state index contributed by atoms with van der Waals surface area (Å²) < 4.78 is 40.1. The van der Waals surface area contributed by atoms with Crippen LogP contribution in [0.2, 0.25) is 0 Å². The van der Waals surface area contributed by atoms with Gasteiger partial charge in [-0.25, -0.2) is 12.8 Å². The van der Waals surface area contributed by atoms with E-state index in [4.69, 9.17) is 0 Å². The van der Waals surface area contributed by atoms with E-state index in [0.717, 1.165) is 6.07 Å². The van der Waals surface area contributed by atoms with Crippen molar-refractivity contribution < 1.29 is 17.6 Å². The third kappa shape index (κ3) is 4.26. The molecule has 1 amide bonds. The third-order valence-electron chi connectivity index (χ3n) is 4.37. The quantitative estimate of drug-likeness (QED) is 0.645. The highest BCUT2D eigenvalue weighted by molar-refractivity contribution is 7.91. The first kappa shape index (κ1) is 19.7. The third-order valence-corrected chi connectivity index (χ3v) is 6.47. The van der Waals surface area contributed by atoms with Crippen molar-refractivity contribution >= 4 is 15.7 Å². The largest absolute Gasteiger partial charge is 0.350 e. The van der Waals surface area contributed by atoms with Crippen LogP contribution in [0.1, 0.15) is 26.7 Å². The predicted molar refractivity (Wildman–Crippen MR) is 104 cm³/mol. The molecule has 0 saturated carbocycles. The molecule has 3 rings (SSSR count). The summed E-state index contributed by atoms with van der Waals surface area (Å²) in [6.07, 6.45) is 2.99. The van der Waals surface area contributed by atoms with E-state index >= 15 is 0 Å². The molecule has 28 heavy (non-hydrogen) atoms. The molecule has 144 valence electrons. The zero-order chi connectivity index (χ0) is 20.1. The smallest absolute Gasteiger partial charge is 0.251 e. The van der Waals surface area contributed by atoms with Crippen molar-refractivity contribution in [2.75, 3.05) is 6.54 Å². The maximum atomic E-state index is 13.6. The highest BCUT2D eigenvalue weighted by atomic mass is 32.2. The summed E-state index contributed by atoms with van der Waals surface area (Å²) in [6, 6.07) is 15.5. The number of nitrogens with zero attached hydrogens (tertiary/aromatic N) is 1. The van der Waals surface area contributed by atoms with Crippen LogP contribution >= 0.6 is 0 Å². The first-order chi connectivity index (χ1) is 13.4. The molecule has 0 bridgehead atoms. The van der Waals surface area contributed by atoms with Gasteiger partial charge in [0.25, 0.3) is 5.91 Å². The zero-order valence-electron chi connectivity index (χ0n) is 15.2. The van der Waals surface area contributed by atoms with Crippen molar-refractivity contribution in [3.8, 4) is 0 Å². The van der Waals surface area contributed by atoms with Gasteiger partial charge in [-0.1, -0.05) is 24.3 Å². The topological polar surface area (TPSA) is 76.1 Å². The number of pyridine rings is 1. The minimum Gasteiger partial charge on any atom is -0.350 e. The predicted octanol–water partition coefficient (Wildman–Crippen LogP) is 3.47. The van der Waals surface area contributed by atoms with E-state index in [1.54, 1.807) is 42.5 Å². The summed E-state index contributed by atoms with van der Waals surface area (Å²) in [7, 11) is -3.89. The lowest BCUT2D eigenvalue weighted by Crippen LogP contribution is -2.32. The van der Waals surface area contributed by atoms with Gasteiger partial charge in [0.05, 0.1) is 4.90 Å². The number of carbonyl (C=O) groups is 1. The van der Waals surface area contributed by atoms with E-state index in [1.807, 2.05) is 0 Å². The Labute approximate surface area is 163 Å². The molecular weight excluding hydrogens is 379 g/mol. The maximum absolute atomic E-state index is 13.6. The van der Waals surface area contributed by atoms with Gasteiger partial charge >= 0.3 is 0 Å². The van der Waals surface area contributed by atoms with Crippen molar-refractivity contribution in [3.05, 3.63) is 95.6 Å². The van der Waals surface area contributed by atoms with Crippen molar-refractivity contribution in [2.45, 2.75) is 17.1 Å². The minimum atomic E-state index is -3.89. The van der Waals surface area contributed by atoms with Crippen LogP contribution in [0.3, 0.4) is 0 Å². The van der Waals surface area contributed by atoms with Crippen LogP contribution in [0.4, 0.5) is 4.39 Å². The number of aryl methyl sites for hydroxylation is 1. The maximum Gasteiger partial charge on any atom is 0.251 e. The van der Waals surface area contributed by atoms with Crippen LogP contribution in [0.5, 0.6) is 0 Å². The van der Waals surface area contributed by atoms with E-state index in [0.29, 0.717) is 11.1 Å². The highest BCUT2D eigenvalue weighted by Crippen LogP contribution is 2.29. The van der Waals surface area contributed by atoms with Gasteiger partial charge in [-0.15, -0.1) is 0 Å². The molecule has 0 saturated heterocycles. The van der Waals surface area contributed by atoms with Crippen LogP contribution < -0.4 is 5.32 Å². The molecule has 7 heteroatoms. The number of halogens is 1. The molecule has 2 aromatic carbocycles. The fraction of sp³-hybridized carbons (Fsp3) is 0.143. The van der Waals surface area contributed by atoms with Gasteiger partial charge in [0.2, 0.25) is 0 Å². The normalized spacial score (nSPS) is 12.4. The van der Waals surface area contributed by atoms with Crippen molar-refractivity contribution in [1.29, 1.82) is 0 Å². The molecule has 0 fully saturated rings. The van der Waals surface area contributed by atoms with Gasteiger partial charge in [0, 0.05) is 24.5 Å².